The number of alkyl halides is 6. The number of nitrogen functional groups attached to an aromatic ring is 1. The van der Waals surface area contributed by atoms with Gasteiger partial charge in [0.1, 0.15) is 0 Å². The van der Waals surface area contributed by atoms with E-state index >= 15 is 0 Å². The van der Waals surface area contributed by atoms with Crippen LogP contribution in [0.4, 0.5) is 32.0 Å². The number of halogens is 6. The zero-order valence-electron chi connectivity index (χ0n) is 31.1. The van der Waals surface area contributed by atoms with Crippen LogP contribution in [0.15, 0.2) is 94.7 Å². The molecule has 314 valence electrons. The van der Waals surface area contributed by atoms with Gasteiger partial charge in [0.25, 0.3) is 0 Å². The van der Waals surface area contributed by atoms with Gasteiger partial charge in [0.2, 0.25) is 20.0 Å². The molecule has 26 heteroatoms. The van der Waals surface area contributed by atoms with Gasteiger partial charge in [0.15, 0.2) is 11.6 Å². The van der Waals surface area contributed by atoms with E-state index < -0.39 is 56.1 Å². The Balaban J connectivity index is 0.000000213. The van der Waals surface area contributed by atoms with E-state index in [2.05, 4.69) is 40.5 Å². The van der Waals surface area contributed by atoms with E-state index in [0.717, 1.165) is 18.2 Å². The topological polar surface area (TPSA) is 246 Å². The highest BCUT2D eigenvalue weighted by atomic mass is 32.2. The maximum absolute atomic E-state index is 13.3. The fraction of sp³-hybridized carbons (Fsp3) is 0.212. The molecule has 0 unspecified atom stereocenters. The van der Waals surface area contributed by atoms with E-state index in [1.807, 2.05) is 0 Å². The zero-order chi connectivity index (χ0) is 43.9. The van der Waals surface area contributed by atoms with Crippen molar-refractivity contribution in [3.8, 4) is 22.8 Å². The molecular formula is C33H34BF6N11O6S2. The molecule has 0 atom stereocenters. The molecule has 0 aliphatic carbocycles. The number of benzene rings is 4. The van der Waals surface area contributed by atoms with Crippen molar-refractivity contribution in [1.82, 2.24) is 49.9 Å². The van der Waals surface area contributed by atoms with Crippen molar-refractivity contribution in [2.45, 2.75) is 28.6 Å². The molecule has 0 bridgehead atoms. The summed E-state index contributed by atoms with van der Waals surface area (Å²) in [5.74, 6) is 0.647. The summed E-state index contributed by atoms with van der Waals surface area (Å²) in [6.07, 6.45) is -9.13. The molecule has 17 nitrogen and oxygen atoms in total. The average Bonchev–Trinajstić information content (AvgIpc) is 3.82. The second-order valence-corrected chi connectivity index (χ2v) is 15.8. The van der Waals surface area contributed by atoms with E-state index in [4.69, 9.17) is 15.8 Å². The lowest BCUT2D eigenvalue weighted by Crippen LogP contribution is -2.35. The lowest BCUT2D eigenvalue weighted by molar-refractivity contribution is -0.138. The van der Waals surface area contributed by atoms with Gasteiger partial charge in [0.05, 0.1) is 20.9 Å². The van der Waals surface area contributed by atoms with Crippen molar-refractivity contribution in [3.63, 3.8) is 0 Å². The van der Waals surface area contributed by atoms with Crippen LogP contribution < -0.4 is 20.6 Å². The minimum atomic E-state index is -4.56. The zero-order valence-corrected chi connectivity index (χ0v) is 32.8. The molecule has 2 aromatic heterocycles. The van der Waals surface area contributed by atoms with Crippen LogP contribution in [0.25, 0.3) is 22.8 Å². The Labute approximate surface area is 333 Å². The predicted octanol–water partition coefficient (Wildman–Crippen LogP) is 2.15. The summed E-state index contributed by atoms with van der Waals surface area (Å²) < 4.78 is 131. The molecule has 0 radical (unpaired) electrons. The summed E-state index contributed by atoms with van der Waals surface area (Å²) in [7, 11) is -3.56. The third-order valence-corrected chi connectivity index (χ3v) is 11.1. The highest BCUT2D eigenvalue weighted by Crippen LogP contribution is 2.35. The molecule has 2 heterocycles. The quantitative estimate of drug-likeness (QED) is 0.0796. The molecule has 0 aliphatic rings. The highest BCUT2D eigenvalue weighted by Gasteiger charge is 2.36. The molecule has 6 N–H and O–H groups in total. The van der Waals surface area contributed by atoms with Gasteiger partial charge in [-0.15, -0.1) is 10.2 Å². The Morgan fingerprint density at radius 2 is 1.12 bits per heavy atom. The van der Waals surface area contributed by atoms with Crippen LogP contribution in [0.3, 0.4) is 0 Å². The van der Waals surface area contributed by atoms with Gasteiger partial charge >= 0.3 is 19.5 Å². The third-order valence-electron chi connectivity index (χ3n) is 8.23. The van der Waals surface area contributed by atoms with Crippen LogP contribution in [0.5, 0.6) is 0 Å². The summed E-state index contributed by atoms with van der Waals surface area (Å²) in [6, 6.07) is 18.1. The van der Waals surface area contributed by atoms with E-state index in [1.165, 1.54) is 90.2 Å². The largest absolute Gasteiger partial charge is 0.489 e. The molecule has 6 aromatic rings. The summed E-state index contributed by atoms with van der Waals surface area (Å²) in [6.45, 7) is 0. The Morgan fingerprint density at radius 1 is 0.661 bits per heavy atom. The molecule has 0 saturated heterocycles. The Morgan fingerprint density at radius 3 is 1.58 bits per heavy atom. The minimum Gasteiger partial charge on any atom is -0.423 e. The maximum Gasteiger partial charge on any atom is 0.489 e. The lowest BCUT2D eigenvalue weighted by atomic mass is 9.77. The van der Waals surface area contributed by atoms with Crippen molar-refractivity contribution in [3.05, 3.63) is 107 Å². The Bertz CT molecular complexity index is 2620. The van der Waals surface area contributed by atoms with Crippen LogP contribution in [-0.2, 0) is 52.9 Å². The first-order valence-electron chi connectivity index (χ1n) is 16.5. The van der Waals surface area contributed by atoms with Crippen LogP contribution in [-0.4, -0.2) is 88.5 Å². The number of nitrogens with one attached hydrogen (secondary N) is 2. The number of sulfonamides is 2. The van der Waals surface area contributed by atoms with Gasteiger partial charge in [-0.2, -0.15) is 26.3 Å². The molecule has 0 spiro atoms. The number of hydrogen-bond acceptors (Lipinski definition) is 13. The second-order valence-electron chi connectivity index (χ2n) is 12.0. The number of aryl methyl sites for hydroxylation is 2. The van der Waals surface area contributed by atoms with E-state index in [1.54, 1.807) is 14.1 Å². The number of nitrogens with two attached hydrogens (primary N) is 1. The fourth-order valence-corrected chi connectivity index (χ4v) is 6.78. The van der Waals surface area contributed by atoms with E-state index in [9.17, 15) is 43.2 Å². The van der Waals surface area contributed by atoms with E-state index in [-0.39, 0.29) is 27.6 Å². The first kappa shape index (κ1) is 45.9. The second kappa shape index (κ2) is 18.4. The molecule has 4 aromatic carbocycles. The highest BCUT2D eigenvalue weighted by molar-refractivity contribution is 7.89. The first-order chi connectivity index (χ1) is 27.5. The van der Waals surface area contributed by atoms with Crippen molar-refractivity contribution in [1.29, 1.82) is 0 Å². The Hall–Kier alpha value is -5.80. The van der Waals surface area contributed by atoms with Gasteiger partial charge in [-0.3, -0.25) is 0 Å². The van der Waals surface area contributed by atoms with Crippen molar-refractivity contribution < 1.29 is 53.2 Å². The summed E-state index contributed by atoms with van der Waals surface area (Å²) in [5.41, 5.74) is 5.25. The monoisotopic (exact) mass is 869 g/mol. The van der Waals surface area contributed by atoms with Gasteiger partial charge < -0.3 is 15.8 Å². The Kier molecular flexibility index (Phi) is 14.3. The lowest BCUT2D eigenvalue weighted by Gasteiger charge is -2.15. The molecule has 0 fully saturated rings. The standard InChI is InChI=1S/C17H16F3N5O2S.C9H12N6O2S.C7H6BF3O2/c1-21-28(26,27)13-8-7-11(14(10-13)16-22-23-24-25(16)2)9-12-5-3-4-6-15(12)17(18,19)20;1-11-18(16,17)6-3-4-8(10)7(5-6)9-12-13-14-15(9)2;9-7(10,11)5-3-1-2-4-6(5)8(12)13/h3-8,10,21H,9H2,1-2H3;3-5,11H,10H2,1-2H3;1-4,12-13H. The molecule has 0 amide bonds. The van der Waals surface area contributed by atoms with Gasteiger partial charge in [0, 0.05) is 30.9 Å². The maximum atomic E-state index is 13.3. The minimum absolute atomic E-state index is 0.0409. The third kappa shape index (κ3) is 11.2. The summed E-state index contributed by atoms with van der Waals surface area (Å²) in [5, 5.41) is 39.4. The van der Waals surface area contributed by atoms with Crippen molar-refractivity contribution in [2.75, 3.05) is 19.8 Å². The fourth-order valence-electron chi connectivity index (χ4n) is 5.27. The number of rotatable bonds is 9. The number of nitrogens with zero attached hydrogens (tertiary/aromatic N) is 8. The van der Waals surface area contributed by atoms with Crippen LogP contribution in [0, 0.1) is 0 Å². The molecule has 0 saturated carbocycles. The van der Waals surface area contributed by atoms with Crippen LogP contribution >= 0.6 is 0 Å². The molecule has 6 rings (SSSR count). The van der Waals surface area contributed by atoms with Crippen LogP contribution in [0.2, 0.25) is 0 Å². The van der Waals surface area contributed by atoms with Crippen molar-refractivity contribution >= 4 is 38.3 Å². The van der Waals surface area contributed by atoms with E-state index in [0.29, 0.717) is 28.2 Å². The average molecular weight is 870 g/mol. The van der Waals surface area contributed by atoms with Gasteiger partial charge in [-0.1, -0.05) is 48.5 Å². The molecule has 59 heavy (non-hydrogen) atoms. The SMILES string of the molecule is CNS(=O)(=O)c1ccc(Cc2ccccc2C(F)(F)F)c(-c2nnnn2C)c1.CNS(=O)(=O)c1ccc(N)c(-c2nnnn2C)c1.OB(O)c1ccccc1C(F)(F)F. The summed E-state index contributed by atoms with van der Waals surface area (Å²) in [4.78, 5) is 0.0676. The molecule has 0 aliphatic heterocycles. The molecular weight excluding hydrogens is 835 g/mol. The number of tetrazole rings is 2. The normalized spacial score (nSPS) is 11.9. The summed E-state index contributed by atoms with van der Waals surface area (Å²) >= 11 is 0. The number of anilines is 1. The van der Waals surface area contributed by atoms with Crippen LogP contribution in [0.1, 0.15) is 22.3 Å². The van der Waals surface area contributed by atoms with Gasteiger partial charge in [-0.25, -0.2) is 35.6 Å². The smallest absolute Gasteiger partial charge is 0.423 e. The number of hydrogen-bond donors (Lipinski definition) is 5. The number of aromatic nitrogens is 8. The predicted molar refractivity (Wildman–Crippen MR) is 201 cm³/mol. The first-order valence-corrected chi connectivity index (χ1v) is 19.5. The van der Waals surface area contributed by atoms with Gasteiger partial charge in [-0.05, 0) is 94.4 Å². The van der Waals surface area contributed by atoms with Crippen molar-refractivity contribution in [2.24, 2.45) is 14.1 Å².